The molecule has 2 N–H and O–H groups in total. The summed E-state index contributed by atoms with van der Waals surface area (Å²) >= 11 is 0.936. The number of halogens is 4. The summed E-state index contributed by atoms with van der Waals surface area (Å²) < 4.78 is 49.3. The van der Waals surface area contributed by atoms with Gasteiger partial charge in [-0.3, -0.25) is 0 Å². The predicted octanol–water partition coefficient (Wildman–Crippen LogP) is 3.68. The van der Waals surface area contributed by atoms with Crippen molar-refractivity contribution in [3.63, 3.8) is 0 Å². The molecule has 1 aromatic carbocycles. The zero-order valence-corrected chi connectivity index (χ0v) is 18.1. The van der Waals surface area contributed by atoms with Gasteiger partial charge in [0.05, 0.1) is 13.1 Å². The second-order valence-electron chi connectivity index (χ2n) is 5.70. The number of fused-ring (bicyclic) bond motifs is 1. The first kappa shape index (κ1) is 22.5. The number of aliphatic imine (C=N–C) groups is 1. The lowest BCUT2D eigenvalue weighted by Crippen LogP contribution is -2.45. The molecule has 2 aromatic rings. The monoisotopic (exact) mass is 528 g/mol. The molecular formula is C17H20F3IN4O2S. The van der Waals surface area contributed by atoms with Crippen LogP contribution in [-0.4, -0.2) is 36.7 Å². The normalized spacial score (nSPS) is 16.3. The van der Waals surface area contributed by atoms with Crippen molar-refractivity contribution in [3.05, 3.63) is 40.3 Å². The number of alkyl halides is 3. The van der Waals surface area contributed by atoms with Crippen LogP contribution in [0.15, 0.2) is 34.6 Å². The third-order valence-electron chi connectivity index (χ3n) is 3.62. The van der Waals surface area contributed by atoms with E-state index in [1.807, 2.05) is 31.2 Å². The molecule has 1 aliphatic rings. The van der Waals surface area contributed by atoms with Crippen LogP contribution in [0.3, 0.4) is 0 Å². The van der Waals surface area contributed by atoms with Gasteiger partial charge < -0.3 is 20.1 Å². The molecule has 154 valence electrons. The number of ether oxygens (including phenoxy) is 2. The molecule has 0 spiro atoms. The number of nitrogens with one attached hydrogen (secondary N) is 2. The number of thiazole rings is 1. The minimum atomic E-state index is -4.43. The lowest BCUT2D eigenvalue weighted by Gasteiger charge is -2.27. The second kappa shape index (κ2) is 10.1. The van der Waals surface area contributed by atoms with Crippen molar-refractivity contribution in [1.29, 1.82) is 0 Å². The van der Waals surface area contributed by atoms with Crippen molar-refractivity contribution in [2.75, 3.05) is 19.7 Å². The molecule has 1 atom stereocenters. The van der Waals surface area contributed by atoms with Gasteiger partial charge in [-0.15, -0.1) is 35.3 Å². The van der Waals surface area contributed by atoms with Crippen LogP contribution < -0.4 is 20.1 Å². The lowest BCUT2D eigenvalue weighted by molar-refractivity contribution is -0.140. The van der Waals surface area contributed by atoms with E-state index in [9.17, 15) is 13.2 Å². The fraction of sp³-hybridized carbons (Fsp3) is 0.412. The van der Waals surface area contributed by atoms with Crippen molar-refractivity contribution < 1.29 is 22.6 Å². The van der Waals surface area contributed by atoms with Gasteiger partial charge in [-0.1, -0.05) is 12.1 Å². The Morgan fingerprint density at radius 1 is 1.29 bits per heavy atom. The van der Waals surface area contributed by atoms with Crippen LogP contribution in [0.1, 0.15) is 17.6 Å². The fourth-order valence-corrected chi connectivity index (χ4v) is 3.10. The van der Waals surface area contributed by atoms with E-state index in [0.717, 1.165) is 16.7 Å². The molecule has 11 heteroatoms. The zero-order valence-electron chi connectivity index (χ0n) is 15.0. The van der Waals surface area contributed by atoms with Gasteiger partial charge >= 0.3 is 6.18 Å². The van der Waals surface area contributed by atoms with Gasteiger partial charge in [-0.25, -0.2) is 9.98 Å². The van der Waals surface area contributed by atoms with Crippen LogP contribution in [0.2, 0.25) is 0 Å². The molecule has 1 aromatic heterocycles. The maximum atomic E-state index is 12.6. The van der Waals surface area contributed by atoms with Crippen LogP contribution in [0, 0.1) is 0 Å². The molecule has 0 saturated heterocycles. The molecular weight excluding hydrogens is 508 g/mol. The Morgan fingerprint density at radius 2 is 2.04 bits per heavy atom. The van der Waals surface area contributed by atoms with Crippen molar-refractivity contribution in [3.8, 4) is 11.5 Å². The Kier molecular flexibility index (Phi) is 8.16. The van der Waals surface area contributed by atoms with Gasteiger partial charge in [-0.05, 0) is 19.1 Å². The molecule has 1 unspecified atom stereocenters. The molecule has 0 saturated carbocycles. The average molecular weight is 528 g/mol. The first-order chi connectivity index (χ1) is 13.0. The summed E-state index contributed by atoms with van der Waals surface area (Å²) in [6, 6.07) is 7.42. The molecule has 0 fully saturated rings. The quantitative estimate of drug-likeness (QED) is 0.352. The summed E-state index contributed by atoms with van der Waals surface area (Å²) in [6.07, 6.45) is -4.64. The van der Waals surface area contributed by atoms with Crippen LogP contribution in [0.25, 0.3) is 0 Å². The first-order valence-electron chi connectivity index (χ1n) is 8.38. The van der Waals surface area contributed by atoms with E-state index in [2.05, 4.69) is 20.6 Å². The topological polar surface area (TPSA) is 67.8 Å². The summed E-state index contributed by atoms with van der Waals surface area (Å²) in [7, 11) is 0. The minimum Gasteiger partial charge on any atom is -0.486 e. The van der Waals surface area contributed by atoms with Crippen molar-refractivity contribution in [2.24, 2.45) is 4.99 Å². The highest BCUT2D eigenvalue weighted by atomic mass is 127. The average Bonchev–Trinajstić information content (AvgIpc) is 3.13. The highest BCUT2D eigenvalue weighted by Crippen LogP contribution is 2.31. The summed E-state index contributed by atoms with van der Waals surface area (Å²) in [6.45, 7) is 3.40. The van der Waals surface area contributed by atoms with Gasteiger partial charge in [0, 0.05) is 11.9 Å². The van der Waals surface area contributed by atoms with Gasteiger partial charge in [0.2, 0.25) is 0 Å². The molecule has 2 heterocycles. The first-order valence-corrected chi connectivity index (χ1v) is 9.26. The second-order valence-corrected chi connectivity index (χ2v) is 6.64. The molecule has 0 radical (unpaired) electrons. The van der Waals surface area contributed by atoms with Crippen LogP contribution >= 0.6 is 35.3 Å². The van der Waals surface area contributed by atoms with Crippen molar-refractivity contribution >= 4 is 41.3 Å². The number of benzene rings is 1. The standard InChI is InChI=1S/C17H19F3N4O2S.HI/c1-2-21-16(23-8-15-24-14(10-27-15)17(18,19)20)22-7-11-9-25-12-5-3-4-6-13(12)26-11;/h3-6,10-11H,2,7-9H2,1H3,(H2,21,22,23);1H. The Balaban J connectivity index is 0.00000280. The van der Waals surface area contributed by atoms with Crippen molar-refractivity contribution in [1.82, 2.24) is 15.6 Å². The Bertz CT molecular complexity index is 801. The number of hydrogen-bond acceptors (Lipinski definition) is 5. The van der Waals surface area contributed by atoms with Gasteiger partial charge in [-0.2, -0.15) is 13.2 Å². The zero-order chi connectivity index (χ0) is 19.3. The Morgan fingerprint density at radius 3 is 2.71 bits per heavy atom. The van der Waals surface area contributed by atoms with Crippen molar-refractivity contribution in [2.45, 2.75) is 25.7 Å². The summed E-state index contributed by atoms with van der Waals surface area (Å²) in [5.74, 6) is 1.86. The Labute approximate surface area is 181 Å². The summed E-state index contributed by atoms with van der Waals surface area (Å²) in [4.78, 5) is 7.86. The molecule has 6 nitrogen and oxygen atoms in total. The van der Waals surface area contributed by atoms with E-state index in [4.69, 9.17) is 9.47 Å². The minimum absolute atomic E-state index is 0. The summed E-state index contributed by atoms with van der Waals surface area (Å²) in [5.41, 5.74) is -0.887. The fourth-order valence-electron chi connectivity index (χ4n) is 2.38. The third-order valence-corrected chi connectivity index (χ3v) is 4.46. The number of para-hydroxylation sites is 2. The SMILES string of the molecule is CCNC(=NCc1nc(C(F)(F)F)cs1)NCC1COc2ccccc2O1.I. The largest absolute Gasteiger partial charge is 0.486 e. The number of rotatable bonds is 5. The van der Waals surface area contributed by atoms with E-state index >= 15 is 0 Å². The molecule has 0 amide bonds. The van der Waals surface area contributed by atoms with Gasteiger partial charge in [0.1, 0.15) is 17.7 Å². The maximum Gasteiger partial charge on any atom is 0.434 e. The number of guanidine groups is 1. The summed E-state index contributed by atoms with van der Waals surface area (Å²) in [5, 5.41) is 7.46. The van der Waals surface area contributed by atoms with Gasteiger partial charge in [0.15, 0.2) is 23.2 Å². The molecule has 3 rings (SSSR count). The van der Waals surface area contributed by atoms with Crippen LogP contribution in [0.5, 0.6) is 11.5 Å². The third kappa shape index (κ3) is 6.12. The number of hydrogen-bond donors (Lipinski definition) is 2. The number of aromatic nitrogens is 1. The Hall–Kier alpha value is -1.76. The predicted molar refractivity (Wildman–Crippen MR) is 112 cm³/mol. The van der Waals surface area contributed by atoms with Gasteiger partial charge in [0.25, 0.3) is 0 Å². The highest BCUT2D eigenvalue weighted by molar-refractivity contribution is 14.0. The maximum absolute atomic E-state index is 12.6. The molecule has 28 heavy (non-hydrogen) atoms. The highest BCUT2D eigenvalue weighted by Gasteiger charge is 2.33. The van der Waals surface area contributed by atoms with E-state index in [-0.39, 0.29) is 36.6 Å². The molecule has 0 bridgehead atoms. The smallest absolute Gasteiger partial charge is 0.434 e. The van der Waals surface area contributed by atoms with Crippen LogP contribution in [0.4, 0.5) is 13.2 Å². The molecule has 0 aliphatic carbocycles. The van der Waals surface area contributed by atoms with E-state index in [1.165, 1.54) is 0 Å². The van der Waals surface area contributed by atoms with E-state index < -0.39 is 11.9 Å². The van der Waals surface area contributed by atoms with Crippen LogP contribution in [-0.2, 0) is 12.7 Å². The van der Waals surface area contributed by atoms with E-state index in [0.29, 0.717) is 42.2 Å². The number of nitrogens with zero attached hydrogens (tertiary/aromatic N) is 2. The van der Waals surface area contributed by atoms with E-state index in [1.54, 1.807) is 0 Å². The molecule has 1 aliphatic heterocycles. The lowest BCUT2D eigenvalue weighted by atomic mass is 10.2.